The van der Waals surface area contributed by atoms with E-state index in [-0.39, 0.29) is 26.4 Å². The van der Waals surface area contributed by atoms with Crippen LogP contribution in [0.5, 0.6) is 0 Å². The van der Waals surface area contributed by atoms with Gasteiger partial charge in [0.25, 0.3) is 0 Å². The zero-order valence-corrected chi connectivity index (χ0v) is 5.94. The van der Waals surface area contributed by atoms with Crippen molar-refractivity contribution >= 4 is 9.90 Å². The van der Waals surface area contributed by atoms with Crippen molar-refractivity contribution in [2.75, 3.05) is 0 Å². The molecule has 0 spiro atoms. The summed E-state index contributed by atoms with van der Waals surface area (Å²) >= 11 is 0. The van der Waals surface area contributed by atoms with Gasteiger partial charge in [0.15, 0.2) is 0 Å². The summed E-state index contributed by atoms with van der Waals surface area (Å²) in [7, 11) is 0. The molecule has 0 nitrogen and oxygen atoms in total. The van der Waals surface area contributed by atoms with Crippen LogP contribution in [0, 0.1) is 0 Å². The van der Waals surface area contributed by atoms with Gasteiger partial charge >= 0.3 is 12.2 Å². The third kappa shape index (κ3) is 9.63. The first-order chi connectivity index (χ1) is 2.64. The Hall–Kier alpha value is 0.384. The Morgan fingerprint density at radius 1 is 0.750 bits per heavy atom. The summed E-state index contributed by atoms with van der Waals surface area (Å²) < 4.78 is 41.1. The van der Waals surface area contributed by atoms with Crippen LogP contribution in [-0.2, 0) is 16.5 Å². The van der Waals surface area contributed by atoms with Gasteiger partial charge in [-0.05, 0) is 0 Å². The second kappa shape index (κ2) is 7.38. The summed E-state index contributed by atoms with van der Waals surface area (Å²) in [5.41, 5.74) is 0. The zero-order chi connectivity index (χ0) is 5.15. The third-order valence-corrected chi connectivity index (χ3v) is 0.143. The molecule has 8 heavy (non-hydrogen) atoms. The van der Waals surface area contributed by atoms with Crippen LogP contribution in [0.15, 0.2) is 12.2 Å². The summed E-state index contributed by atoms with van der Waals surface area (Å²) in [4.78, 5) is 0. The van der Waals surface area contributed by atoms with Crippen molar-refractivity contribution in [1.29, 1.82) is 0 Å². The fraction of sp³-hybridized carbons (Fsp3) is 0. The molecule has 0 rings (SSSR count). The van der Waals surface area contributed by atoms with E-state index < -0.39 is 12.2 Å². The summed E-state index contributed by atoms with van der Waals surface area (Å²) in [6.45, 7) is 0. The maximum atomic E-state index is 10.3. The molecule has 0 radical (unpaired) electrons. The number of rotatable bonds is 0. The molecule has 0 aliphatic carbocycles. The average molecular weight is 193 g/mol. The molecule has 0 amide bonds. The molecule has 0 fully saturated rings. The van der Waals surface area contributed by atoms with Crippen LogP contribution in [0.4, 0.5) is 17.6 Å². The number of hydrogen-bond donors (Lipinski definition) is 0. The smallest absolute Gasteiger partial charge is 0.167 e. The maximum Gasteiger partial charge on any atom is 0.334 e. The minimum absolute atomic E-state index is 0. The van der Waals surface area contributed by atoms with Gasteiger partial charge in [-0.1, -0.05) is 0 Å². The first-order valence-corrected chi connectivity index (χ1v) is 1.01. The molecular weight excluding hydrogens is 190 g/mol. The minimum atomic E-state index is -2.91. The molecule has 0 saturated carbocycles. The van der Waals surface area contributed by atoms with Crippen molar-refractivity contribution in [3.8, 4) is 0 Å². The molecule has 0 saturated heterocycles. The molecule has 54 valence electrons. The van der Waals surface area contributed by atoms with Crippen LogP contribution in [0.25, 0.3) is 0 Å². The predicted octanol–water partition coefficient (Wildman–Crippen LogP) is 2.05. The molecule has 0 bridgehead atoms. The number of hydrogen-bond acceptors (Lipinski definition) is 0. The molecule has 1 atom stereocenters. The van der Waals surface area contributed by atoms with Crippen molar-refractivity contribution in [3.63, 3.8) is 0 Å². The van der Waals surface area contributed by atoms with E-state index >= 15 is 0 Å². The Morgan fingerprint density at radius 3 is 0.875 bits per heavy atom. The quantitative estimate of drug-likeness (QED) is 0.313. The molecule has 0 aromatic carbocycles. The van der Waals surface area contributed by atoms with Crippen LogP contribution in [0.3, 0.4) is 0 Å². The van der Waals surface area contributed by atoms with E-state index in [0.29, 0.717) is 0 Å². The van der Waals surface area contributed by atoms with Crippen LogP contribution >= 0.6 is 9.90 Å². The van der Waals surface area contributed by atoms with Crippen molar-refractivity contribution in [3.05, 3.63) is 12.2 Å². The summed E-state index contributed by atoms with van der Waals surface area (Å²) in [6.07, 6.45) is -5.81. The molecule has 1 unspecified atom stereocenters. The molecule has 0 N–H and O–H groups in total. The van der Waals surface area contributed by atoms with Gasteiger partial charge in [0.2, 0.25) is 0 Å². The minimum Gasteiger partial charge on any atom is -0.167 e. The first kappa shape index (κ1) is 15.8. The second-order valence-corrected chi connectivity index (χ2v) is 0.521. The van der Waals surface area contributed by atoms with Crippen molar-refractivity contribution < 1.29 is 34.1 Å². The monoisotopic (exact) mass is 192 g/mol. The number of halogens is 4. The van der Waals surface area contributed by atoms with E-state index in [1.54, 1.807) is 0 Å². The van der Waals surface area contributed by atoms with E-state index in [9.17, 15) is 17.6 Å². The van der Waals surface area contributed by atoms with E-state index in [1.807, 2.05) is 0 Å². The molecule has 0 aliphatic rings. The Bertz CT molecular complexity index is 64.1. The normalized spacial score (nSPS) is 6.00. The summed E-state index contributed by atoms with van der Waals surface area (Å²) in [5.74, 6) is 0. The van der Waals surface area contributed by atoms with Crippen molar-refractivity contribution in [1.82, 2.24) is 0 Å². The molecule has 0 aromatic rings. The first-order valence-electron chi connectivity index (χ1n) is 1.01. The van der Waals surface area contributed by atoms with E-state index in [4.69, 9.17) is 0 Å². The largest absolute Gasteiger partial charge is 0.334 e. The molecular formula is C2H3F4NiP. The van der Waals surface area contributed by atoms with Crippen LogP contribution < -0.4 is 0 Å². The van der Waals surface area contributed by atoms with Gasteiger partial charge in [0, 0.05) is 16.5 Å². The molecule has 0 aromatic heterocycles. The van der Waals surface area contributed by atoms with Gasteiger partial charge in [-0.3, -0.25) is 0 Å². The topological polar surface area (TPSA) is 0 Å². The van der Waals surface area contributed by atoms with Gasteiger partial charge in [0.1, 0.15) is 0 Å². The van der Waals surface area contributed by atoms with Crippen LogP contribution in [-0.4, -0.2) is 0 Å². The van der Waals surface area contributed by atoms with Gasteiger partial charge in [-0.25, -0.2) is 0 Å². The summed E-state index contributed by atoms with van der Waals surface area (Å²) in [6, 6.07) is 0. The van der Waals surface area contributed by atoms with Crippen molar-refractivity contribution in [2.24, 2.45) is 0 Å². The predicted molar refractivity (Wildman–Crippen MR) is 22.6 cm³/mol. The Kier molecular flexibility index (Phi) is 14.6. The Morgan fingerprint density at radius 2 is 0.875 bits per heavy atom. The Labute approximate surface area is 56.9 Å². The molecule has 0 aliphatic heterocycles. The Balaban J connectivity index is -0.000000125. The fourth-order valence-corrected chi connectivity index (χ4v) is 0. The van der Waals surface area contributed by atoms with Crippen molar-refractivity contribution in [2.45, 2.75) is 0 Å². The third-order valence-electron chi connectivity index (χ3n) is 0.143. The van der Waals surface area contributed by atoms with E-state index in [0.717, 1.165) is 0 Å². The summed E-state index contributed by atoms with van der Waals surface area (Å²) in [5, 5.41) is 0. The molecule has 0 heterocycles. The zero-order valence-electron chi connectivity index (χ0n) is 3.54. The van der Waals surface area contributed by atoms with Crippen LogP contribution in [0.2, 0.25) is 0 Å². The van der Waals surface area contributed by atoms with Gasteiger partial charge in [-0.2, -0.15) is 27.5 Å². The van der Waals surface area contributed by atoms with Gasteiger partial charge < -0.3 is 0 Å². The second-order valence-electron chi connectivity index (χ2n) is 0.521. The SMILES string of the molecule is FC(F)=C(F)F.P.[Ni]. The molecule has 6 heteroatoms. The van der Waals surface area contributed by atoms with Crippen LogP contribution in [0.1, 0.15) is 0 Å². The van der Waals surface area contributed by atoms with Gasteiger partial charge in [-0.15, -0.1) is 0 Å². The van der Waals surface area contributed by atoms with E-state index in [2.05, 4.69) is 0 Å². The standard InChI is InChI=1S/C2F4.Ni.H3P/c3-1(4)2(5)6;;/h;;1H3. The fourth-order valence-electron chi connectivity index (χ4n) is 0. The van der Waals surface area contributed by atoms with Gasteiger partial charge in [0.05, 0.1) is 0 Å². The maximum absolute atomic E-state index is 10.3. The average Bonchev–Trinajstić information content (AvgIpc) is 1.36. The van der Waals surface area contributed by atoms with E-state index in [1.165, 1.54) is 0 Å².